The van der Waals surface area contributed by atoms with Gasteiger partial charge in [-0.25, -0.2) is 4.98 Å². The summed E-state index contributed by atoms with van der Waals surface area (Å²) in [7, 11) is 0. The summed E-state index contributed by atoms with van der Waals surface area (Å²) in [5.41, 5.74) is 5.24. The highest BCUT2D eigenvalue weighted by Gasteiger charge is 2.25. The molecule has 1 amide bonds. The number of nitrogens with one attached hydrogen (secondary N) is 2. The van der Waals surface area contributed by atoms with E-state index >= 15 is 0 Å². The molecule has 2 aromatic carbocycles. The monoisotopic (exact) mass is 510 g/mol. The van der Waals surface area contributed by atoms with E-state index in [1.54, 1.807) is 12.1 Å². The quantitative estimate of drug-likeness (QED) is 0.247. The zero-order valence-corrected chi connectivity index (χ0v) is 21.7. The second-order valence-corrected chi connectivity index (χ2v) is 10.2. The number of aliphatic carboxylic acids is 1. The minimum atomic E-state index is -0.967. The van der Waals surface area contributed by atoms with Crippen molar-refractivity contribution in [2.24, 2.45) is 0 Å². The maximum absolute atomic E-state index is 13.3. The highest BCUT2D eigenvalue weighted by molar-refractivity contribution is 5.95. The van der Waals surface area contributed by atoms with Crippen molar-refractivity contribution in [1.82, 2.24) is 14.7 Å². The molecule has 2 heterocycles. The lowest BCUT2D eigenvalue weighted by molar-refractivity contribution is -0.137. The Kier molecular flexibility index (Phi) is 7.73. The zero-order valence-electron chi connectivity index (χ0n) is 21.7. The van der Waals surface area contributed by atoms with Gasteiger partial charge < -0.3 is 15.7 Å². The fraction of sp³-hybridized carbons (Fsp3) is 0.323. The van der Waals surface area contributed by atoms with Crippen LogP contribution in [0.4, 0.5) is 5.82 Å². The van der Waals surface area contributed by atoms with Gasteiger partial charge in [0.1, 0.15) is 11.5 Å². The Morgan fingerprint density at radius 1 is 1.03 bits per heavy atom. The average molecular weight is 511 g/mol. The van der Waals surface area contributed by atoms with Crippen molar-refractivity contribution in [3.05, 3.63) is 101 Å². The van der Waals surface area contributed by atoms with Gasteiger partial charge in [-0.1, -0.05) is 79.4 Å². The summed E-state index contributed by atoms with van der Waals surface area (Å²) in [5, 5.41) is 16.0. The molecule has 38 heavy (non-hydrogen) atoms. The highest BCUT2D eigenvalue weighted by Crippen LogP contribution is 2.37. The summed E-state index contributed by atoms with van der Waals surface area (Å²) in [5.74, 6) is 0.0815. The number of imidazole rings is 1. The molecule has 7 nitrogen and oxygen atoms in total. The zero-order chi connectivity index (χ0) is 26.5. The summed E-state index contributed by atoms with van der Waals surface area (Å²) in [6.07, 6.45) is 7.59. The Hall–Kier alpha value is -4.13. The molecular formula is C31H34N4O3. The van der Waals surface area contributed by atoms with Crippen LogP contribution in [0, 0.1) is 6.92 Å². The van der Waals surface area contributed by atoms with Crippen LogP contribution in [0.2, 0.25) is 0 Å². The number of rotatable bonds is 9. The minimum Gasteiger partial charge on any atom is -0.481 e. The first-order chi connectivity index (χ1) is 18.5. The van der Waals surface area contributed by atoms with E-state index in [2.05, 4.69) is 22.8 Å². The van der Waals surface area contributed by atoms with E-state index in [1.807, 2.05) is 60.0 Å². The predicted octanol–water partition coefficient (Wildman–Crippen LogP) is 6.25. The molecule has 1 fully saturated rings. The number of hydrogen-bond donors (Lipinski definition) is 3. The van der Waals surface area contributed by atoms with Gasteiger partial charge in [-0.15, -0.1) is 0 Å². The van der Waals surface area contributed by atoms with E-state index in [9.17, 15) is 14.7 Å². The van der Waals surface area contributed by atoms with Gasteiger partial charge in [0.25, 0.3) is 5.91 Å². The number of carboxylic acid groups (broad SMARTS) is 1. The van der Waals surface area contributed by atoms with Crippen LogP contribution in [0.5, 0.6) is 0 Å². The summed E-state index contributed by atoms with van der Waals surface area (Å²) >= 11 is 0. The number of carbonyl (C=O) groups is 2. The van der Waals surface area contributed by atoms with Gasteiger partial charge in [-0.3, -0.25) is 14.0 Å². The maximum atomic E-state index is 13.3. The van der Waals surface area contributed by atoms with Crippen molar-refractivity contribution in [2.75, 3.05) is 5.32 Å². The second-order valence-electron chi connectivity index (χ2n) is 10.2. The molecule has 4 aromatic rings. The number of aryl methyl sites for hydroxylation is 1. The van der Waals surface area contributed by atoms with Crippen LogP contribution in [0.15, 0.2) is 72.9 Å². The molecule has 0 spiro atoms. The lowest BCUT2D eigenvalue weighted by atomic mass is 9.87. The summed E-state index contributed by atoms with van der Waals surface area (Å²) in [6, 6.07) is 20.8. The topological polar surface area (TPSA) is 95.7 Å². The molecule has 3 N–H and O–H groups in total. The number of carboxylic acids is 1. The normalized spacial score (nSPS) is 14.8. The number of amides is 1. The average Bonchev–Trinajstić information content (AvgIpc) is 3.30. The molecule has 1 saturated carbocycles. The van der Waals surface area contributed by atoms with E-state index in [4.69, 9.17) is 4.98 Å². The number of pyridine rings is 1. The minimum absolute atomic E-state index is 0.195. The van der Waals surface area contributed by atoms with Crippen molar-refractivity contribution in [3.8, 4) is 0 Å². The van der Waals surface area contributed by atoms with Crippen LogP contribution in [-0.4, -0.2) is 26.4 Å². The smallest absolute Gasteiger partial charge is 0.305 e. The number of fused-ring (bicyclic) bond motifs is 1. The lowest BCUT2D eigenvalue weighted by Gasteiger charge is -2.21. The Morgan fingerprint density at radius 3 is 2.47 bits per heavy atom. The van der Waals surface area contributed by atoms with Gasteiger partial charge >= 0.3 is 5.97 Å². The second kappa shape index (κ2) is 11.5. The van der Waals surface area contributed by atoms with Crippen LogP contribution < -0.4 is 10.6 Å². The van der Waals surface area contributed by atoms with Crippen LogP contribution in [-0.2, 0) is 11.3 Å². The molecule has 0 radical (unpaired) electrons. The summed E-state index contributed by atoms with van der Waals surface area (Å²) in [6.45, 7) is 2.66. The molecule has 7 heteroatoms. The predicted molar refractivity (Wildman–Crippen MR) is 148 cm³/mol. The first-order valence-electron chi connectivity index (χ1n) is 13.4. The lowest BCUT2D eigenvalue weighted by Crippen LogP contribution is -2.30. The number of aromatic nitrogens is 2. The highest BCUT2D eigenvalue weighted by atomic mass is 16.4. The Morgan fingerprint density at radius 2 is 1.76 bits per heavy atom. The summed E-state index contributed by atoms with van der Waals surface area (Å²) in [4.78, 5) is 29.8. The van der Waals surface area contributed by atoms with Crippen LogP contribution in [0.3, 0.4) is 0 Å². The van der Waals surface area contributed by atoms with E-state index in [0.29, 0.717) is 23.7 Å². The van der Waals surface area contributed by atoms with Gasteiger partial charge in [-0.2, -0.15) is 0 Å². The molecule has 1 aliphatic carbocycles. The molecule has 2 aromatic heterocycles. The van der Waals surface area contributed by atoms with Gasteiger partial charge in [0, 0.05) is 24.2 Å². The third kappa shape index (κ3) is 5.88. The van der Waals surface area contributed by atoms with Crippen LogP contribution in [0.1, 0.15) is 83.2 Å². The number of benzene rings is 2. The van der Waals surface area contributed by atoms with Crippen LogP contribution >= 0.6 is 0 Å². The molecule has 1 unspecified atom stereocenters. The largest absolute Gasteiger partial charge is 0.481 e. The molecule has 0 saturated heterocycles. The molecule has 0 aliphatic heterocycles. The first kappa shape index (κ1) is 25.5. The third-order valence-electron chi connectivity index (χ3n) is 7.37. The van der Waals surface area contributed by atoms with Gasteiger partial charge in [0.15, 0.2) is 0 Å². The van der Waals surface area contributed by atoms with Crippen molar-refractivity contribution in [2.45, 2.75) is 64.0 Å². The fourth-order valence-electron chi connectivity index (χ4n) is 5.29. The van der Waals surface area contributed by atoms with Crippen LogP contribution in [0.25, 0.3) is 5.65 Å². The Labute approximate surface area is 222 Å². The number of carbonyl (C=O) groups excluding carboxylic acids is 1. The van der Waals surface area contributed by atoms with Gasteiger partial charge in [0.05, 0.1) is 18.2 Å². The van der Waals surface area contributed by atoms with Crippen molar-refractivity contribution in [1.29, 1.82) is 0 Å². The van der Waals surface area contributed by atoms with E-state index in [0.717, 1.165) is 35.5 Å². The number of anilines is 1. The van der Waals surface area contributed by atoms with Crippen molar-refractivity contribution in [3.63, 3.8) is 0 Å². The third-order valence-corrected chi connectivity index (χ3v) is 7.37. The number of hydrogen-bond acceptors (Lipinski definition) is 4. The summed E-state index contributed by atoms with van der Waals surface area (Å²) < 4.78 is 2.03. The molecule has 0 bridgehead atoms. The molecule has 1 aliphatic rings. The van der Waals surface area contributed by atoms with Gasteiger partial charge in [-0.05, 0) is 43.0 Å². The van der Waals surface area contributed by atoms with Crippen molar-refractivity contribution >= 4 is 23.3 Å². The molecule has 5 rings (SSSR count). The standard InChI is InChI=1S/C31H34N4O3/c1-21-12-14-23(15-13-21)26(19-28(36)37)33-31(38)25-16-17-35-27(18-25)34-29(24-10-6-3-7-11-24)30(35)32-20-22-8-4-2-5-9-22/h2,4-5,8-9,12-18,24,26,32H,3,6-7,10-11,19-20H2,1H3,(H,33,38)(H,36,37). The van der Waals surface area contributed by atoms with E-state index in [-0.39, 0.29) is 12.3 Å². The molecule has 196 valence electrons. The number of nitrogens with zero attached hydrogens (tertiary/aromatic N) is 2. The SMILES string of the molecule is Cc1ccc(C(CC(=O)O)NC(=O)c2ccn3c(NCc4ccccc4)c(C4CCCCC4)nc3c2)cc1. The van der Waals surface area contributed by atoms with Gasteiger partial charge in [0.2, 0.25) is 0 Å². The first-order valence-corrected chi connectivity index (χ1v) is 13.4. The molecular weight excluding hydrogens is 476 g/mol. The fourth-order valence-corrected chi connectivity index (χ4v) is 5.29. The van der Waals surface area contributed by atoms with Crippen molar-refractivity contribution < 1.29 is 14.7 Å². The molecule has 1 atom stereocenters. The maximum Gasteiger partial charge on any atom is 0.305 e. The Bertz CT molecular complexity index is 1410. The Balaban J connectivity index is 1.43. The van der Waals surface area contributed by atoms with E-state index in [1.165, 1.54) is 24.8 Å². The van der Waals surface area contributed by atoms with E-state index < -0.39 is 12.0 Å².